The maximum absolute atomic E-state index is 12.3. The molecular weight excluding hydrogens is 492 g/mol. The van der Waals surface area contributed by atoms with Crippen LogP contribution in [0.15, 0.2) is 24.3 Å². The highest BCUT2D eigenvalue weighted by Gasteiger charge is 2.14. The Balaban J connectivity index is 2.11. The number of carbonyl (C=O) groups is 4. The highest BCUT2D eigenvalue weighted by atomic mass is 16.6. The fraction of sp³-hybridized carbons (Fsp3) is 0.286. The zero-order valence-corrected chi connectivity index (χ0v) is 22.0. The summed E-state index contributed by atoms with van der Waals surface area (Å²) in [7, 11) is 0. The third kappa shape index (κ3) is 8.92. The van der Waals surface area contributed by atoms with E-state index in [2.05, 4.69) is 34.5 Å². The van der Waals surface area contributed by atoms with Gasteiger partial charge in [0.25, 0.3) is 0 Å². The van der Waals surface area contributed by atoms with Crippen molar-refractivity contribution in [3.05, 3.63) is 57.6 Å². The van der Waals surface area contributed by atoms with E-state index in [1.807, 2.05) is 27.7 Å². The van der Waals surface area contributed by atoms with Gasteiger partial charge in [0.2, 0.25) is 0 Å². The van der Waals surface area contributed by atoms with Crippen molar-refractivity contribution in [1.82, 2.24) is 10.9 Å². The number of esters is 2. The van der Waals surface area contributed by atoms with E-state index in [9.17, 15) is 19.2 Å². The Morgan fingerprint density at radius 3 is 1.32 bits per heavy atom. The van der Waals surface area contributed by atoms with Gasteiger partial charge in [-0.05, 0) is 88.1 Å². The summed E-state index contributed by atoms with van der Waals surface area (Å²) >= 11 is 0. The maximum atomic E-state index is 12.3. The Labute approximate surface area is 220 Å². The van der Waals surface area contributed by atoms with Crippen molar-refractivity contribution in [2.75, 3.05) is 13.2 Å². The van der Waals surface area contributed by atoms with E-state index in [4.69, 9.17) is 18.9 Å². The van der Waals surface area contributed by atoms with Gasteiger partial charge in [0.15, 0.2) is 0 Å². The molecule has 0 saturated heterocycles. The van der Waals surface area contributed by atoms with Gasteiger partial charge in [-0.1, -0.05) is 11.8 Å². The van der Waals surface area contributed by atoms with E-state index in [-0.39, 0.29) is 35.8 Å². The van der Waals surface area contributed by atoms with Gasteiger partial charge in [-0.3, -0.25) is 0 Å². The van der Waals surface area contributed by atoms with Gasteiger partial charge >= 0.3 is 24.1 Å². The molecule has 2 amide bonds. The third-order valence-electron chi connectivity index (χ3n) is 5.01. The molecule has 38 heavy (non-hydrogen) atoms. The minimum Gasteiger partial charge on any atom is -0.456 e. The van der Waals surface area contributed by atoms with Gasteiger partial charge < -0.3 is 18.9 Å². The fourth-order valence-corrected chi connectivity index (χ4v) is 2.87. The van der Waals surface area contributed by atoms with Crippen molar-refractivity contribution in [2.24, 2.45) is 0 Å². The molecule has 2 aromatic rings. The molecule has 0 unspecified atom stereocenters. The van der Waals surface area contributed by atoms with Crippen LogP contribution < -0.4 is 20.3 Å². The Morgan fingerprint density at radius 1 is 0.632 bits per heavy atom. The Kier molecular flexibility index (Phi) is 10.7. The molecule has 0 radical (unpaired) electrons. The number of amides is 2. The minimum atomic E-state index is -1.04. The van der Waals surface area contributed by atoms with Gasteiger partial charge in [0.05, 0.1) is 24.3 Å². The maximum Gasteiger partial charge on any atom is 0.431 e. The first-order valence-electron chi connectivity index (χ1n) is 11.6. The SMILES string of the molecule is CCOC(=O)C#Cc1cc(C)c(C)cc1OC(=O)NNC(=O)Oc1cc(C)c(C)cc1C#CC(=O)OCC. The fourth-order valence-electron chi connectivity index (χ4n) is 2.87. The second kappa shape index (κ2) is 14.0. The van der Waals surface area contributed by atoms with Crippen LogP contribution in [0.25, 0.3) is 0 Å². The van der Waals surface area contributed by atoms with Crippen molar-refractivity contribution < 1.29 is 38.1 Å². The van der Waals surface area contributed by atoms with E-state index < -0.39 is 24.1 Å². The van der Waals surface area contributed by atoms with Crippen LogP contribution in [0.2, 0.25) is 0 Å². The molecule has 2 rings (SSSR count). The van der Waals surface area contributed by atoms with Crippen molar-refractivity contribution >= 4 is 24.1 Å². The molecule has 198 valence electrons. The van der Waals surface area contributed by atoms with Crippen LogP contribution in [0.1, 0.15) is 47.2 Å². The van der Waals surface area contributed by atoms with E-state index in [1.165, 1.54) is 0 Å². The average molecular weight is 521 g/mol. The lowest BCUT2D eigenvalue weighted by atomic mass is 10.1. The van der Waals surface area contributed by atoms with Gasteiger partial charge in [-0.2, -0.15) is 0 Å². The molecule has 0 aliphatic carbocycles. The molecule has 0 aliphatic rings. The molecule has 2 aromatic carbocycles. The van der Waals surface area contributed by atoms with E-state index in [1.54, 1.807) is 38.1 Å². The molecule has 0 saturated carbocycles. The highest BCUT2D eigenvalue weighted by Crippen LogP contribution is 2.24. The van der Waals surface area contributed by atoms with Gasteiger partial charge in [0.1, 0.15) is 11.5 Å². The molecule has 0 aromatic heterocycles. The predicted octanol–water partition coefficient (Wildman–Crippen LogP) is 3.54. The number of carbonyl (C=O) groups excluding carboxylic acids is 4. The summed E-state index contributed by atoms with van der Waals surface area (Å²) in [6.07, 6.45) is -2.07. The number of hydrogen-bond donors (Lipinski definition) is 2. The zero-order chi connectivity index (χ0) is 28.2. The lowest BCUT2D eigenvalue weighted by molar-refractivity contribution is -0.137. The summed E-state index contributed by atoms with van der Waals surface area (Å²) in [5, 5.41) is 0. The molecule has 10 heteroatoms. The largest absolute Gasteiger partial charge is 0.456 e. The molecule has 0 atom stereocenters. The number of nitrogens with one attached hydrogen (secondary N) is 2. The van der Waals surface area contributed by atoms with Gasteiger partial charge in [0, 0.05) is 11.8 Å². The van der Waals surface area contributed by atoms with Crippen molar-refractivity contribution in [1.29, 1.82) is 0 Å². The normalized spacial score (nSPS) is 9.53. The van der Waals surface area contributed by atoms with Crippen LogP contribution in [0.4, 0.5) is 9.59 Å². The molecule has 2 N–H and O–H groups in total. The summed E-state index contributed by atoms with van der Waals surface area (Å²) in [6, 6.07) is 6.47. The van der Waals surface area contributed by atoms with E-state index in [0.717, 1.165) is 22.3 Å². The molecular formula is C28H28N2O8. The molecule has 0 heterocycles. The van der Waals surface area contributed by atoms with Crippen LogP contribution >= 0.6 is 0 Å². The van der Waals surface area contributed by atoms with Crippen LogP contribution in [-0.4, -0.2) is 37.3 Å². The number of aryl methyl sites for hydroxylation is 4. The number of hydrazine groups is 1. The summed E-state index contributed by atoms with van der Waals surface area (Å²) in [6.45, 7) is 11.0. The standard InChI is InChI=1S/C28H28N2O8/c1-7-35-25(31)11-9-21-13-17(3)19(5)15-23(21)37-27(33)29-30-28(34)38-24-16-20(6)18(4)14-22(24)10-12-26(32)36-8-2/h13-16H,7-8H2,1-6H3,(H,29,33)(H,30,34). The average Bonchev–Trinajstić information content (AvgIpc) is 2.85. The second-order valence-corrected chi connectivity index (χ2v) is 7.84. The van der Waals surface area contributed by atoms with Crippen LogP contribution in [0.3, 0.4) is 0 Å². The van der Waals surface area contributed by atoms with Crippen LogP contribution in [-0.2, 0) is 19.1 Å². The summed E-state index contributed by atoms with van der Waals surface area (Å²) < 4.78 is 20.1. The zero-order valence-electron chi connectivity index (χ0n) is 22.0. The minimum absolute atomic E-state index is 0.0725. The topological polar surface area (TPSA) is 129 Å². The smallest absolute Gasteiger partial charge is 0.431 e. The first-order valence-corrected chi connectivity index (χ1v) is 11.6. The second-order valence-electron chi connectivity index (χ2n) is 7.84. The first-order chi connectivity index (χ1) is 18.0. The first kappa shape index (κ1) is 29.3. The number of benzene rings is 2. The molecule has 10 nitrogen and oxygen atoms in total. The summed E-state index contributed by atoms with van der Waals surface area (Å²) in [5.41, 5.74) is 8.06. The van der Waals surface area contributed by atoms with Crippen LogP contribution in [0.5, 0.6) is 11.5 Å². The monoisotopic (exact) mass is 520 g/mol. The van der Waals surface area contributed by atoms with Crippen molar-refractivity contribution in [2.45, 2.75) is 41.5 Å². The van der Waals surface area contributed by atoms with Crippen molar-refractivity contribution in [3.63, 3.8) is 0 Å². The quantitative estimate of drug-likeness (QED) is 0.356. The van der Waals surface area contributed by atoms with Crippen LogP contribution in [0, 0.1) is 51.4 Å². The predicted molar refractivity (Wildman–Crippen MR) is 137 cm³/mol. The Morgan fingerprint density at radius 2 is 0.974 bits per heavy atom. The molecule has 0 bridgehead atoms. The Hall–Kier alpha value is -4.96. The van der Waals surface area contributed by atoms with Gasteiger partial charge in [-0.25, -0.2) is 30.0 Å². The van der Waals surface area contributed by atoms with Crippen molar-refractivity contribution in [3.8, 4) is 35.2 Å². The molecule has 0 aliphatic heterocycles. The van der Waals surface area contributed by atoms with E-state index >= 15 is 0 Å². The molecule has 0 spiro atoms. The highest BCUT2D eigenvalue weighted by molar-refractivity contribution is 5.90. The third-order valence-corrected chi connectivity index (χ3v) is 5.01. The summed E-state index contributed by atoms with van der Waals surface area (Å²) in [4.78, 5) is 47.9. The number of rotatable bonds is 4. The number of ether oxygens (including phenoxy) is 4. The van der Waals surface area contributed by atoms with Gasteiger partial charge in [-0.15, -0.1) is 0 Å². The summed E-state index contributed by atoms with van der Waals surface area (Å²) in [5.74, 6) is 8.60. The van der Waals surface area contributed by atoms with E-state index in [0.29, 0.717) is 0 Å². The lowest BCUT2D eigenvalue weighted by Gasteiger charge is -2.12. The Bertz CT molecular complexity index is 1270. The molecule has 0 fully saturated rings. The number of hydrogen-bond acceptors (Lipinski definition) is 8. The lowest BCUT2D eigenvalue weighted by Crippen LogP contribution is -2.44.